The number of nitrogens with zero attached hydrogens (tertiary/aromatic N) is 2. The predicted octanol–water partition coefficient (Wildman–Crippen LogP) is 5.19. The lowest BCUT2D eigenvalue weighted by molar-refractivity contribution is 0.0978. The average molecular weight is 361 g/mol. The third kappa shape index (κ3) is 4.73. The van der Waals surface area contributed by atoms with E-state index in [2.05, 4.69) is 32.8 Å². The van der Waals surface area contributed by atoms with Crippen LogP contribution in [0.4, 0.5) is 0 Å². The minimum atomic E-state index is 0.136. The molecule has 0 radical (unpaired) electrons. The van der Waals surface area contributed by atoms with Gasteiger partial charge >= 0.3 is 0 Å². The van der Waals surface area contributed by atoms with E-state index in [1.165, 1.54) is 18.4 Å². The summed E-state index contributed by atoms with van der Waals surface area (Å²) >= 11 is 3.43. The van der Waals surface area contributed by atoms with Crippen LogP contribution in [-0.2, 0) is 5.33 Å². The summed E-state index contributed by atoms with van der Waals surface area (Å²) in [6, 6.07) is 8.08. The molecule has 0 saturated heterocycles. The molecule has 1 heterocycles. The Morgan fingerprint density at radius 2 is 1.73 bits per heavy atom. The molecule has 116 valence electrons. The molecular weight excluding hydrogens is 340 g/mol. The van der Waals surface area contributed by atoms with Crippen LogP contribution >= 0.6 is 15.9 Å². The van der Waals surface area contributed by atoms with Crippen LogP contribution in [0.2, 0.25) is 0 Å². The van der Waals surface area contributed by atoms with Gasteiger partial charge in [0.15, 0.2) is 11.6 Å². The van der Waals surface area contributed by atoms with Crippen molar-refractivity contribution in [2.24, 2.45) is 0 Å². The second kappa shape index (κ2) is 8.79. The molecule has 0 spiro atoms. The Hall–Kier alpha value is -1.55. The van der Waals surface area contributed by atoms with Crippen molar-refractivity contribution >= 4 is 21.7 Å². The van der Waals surface area contributed by atoms with E-state index >= 15 is 0 Å². The van der Waals surface area contributed by atoms with Gasteiger partial charge in [0.1, 0.15) is 0 Å². The third-order valence-corrected chi connectivity index (χ3v) is 4.25. The Morgan fingerprint density at radius 1 is 1.05 bits per heavy atom. The molecule has 0 atom stereocenters. The number of alkyl halides is 1. The van der Waals surface area contributed by atoms with Gasteiger partial charge in [0.05, 0.1) is 5.56 Å². The average Bonchev–Trinajstić information content (AvgIpc) is 2.59. The summed E-state index contributed by atoms with van der Waals surface area (Å²) in [7, 11) is 0. The van der Waals surface area contributed by atoms with Crippen LogP contribution in [-0.4, -0.2) is 15.8 Å². The molecule has 0 unspecified atom stereocenters. The van der Waals surface area contributed by atoms with Crippen LogP contribution in [0.25, 0.3) is 11.4 Å². The molecule has 0 aliphatic carbocycles. The van der Waals surface area contributed by atoms with Crippen molar-refractivity contribution in [1.82, 2.24) is 9.97 Å². The quantitative estimate of drug-likeness (QED) is 0.369. The first-order valence-electron chi connectivity index (χ1n) is 7.75. The largest absolute Gasteiger partial charge is 0.294 e. The first-order valence-corrected chi connectivity index (χ1v) is 8.87. The molecule has 22 heavy (non-hydrogen) atoms. The molecular formula is C18H21BrN2O. The van der Waals surface area contributed by atoms with Gasteiger partial charge in [0.2, 0.25) is 0 Å². The molecule has 0 bridgehead atoms. The summed E-state index contributed by atoms with van der Waals surface area (Å²) in [6.45, 7) is 2.17. The summed E-state index contributed by atoms with van der Waals surface area (Å²) in [4.78, 5) is 20.7. The predicted molar refractivity (Wildman–Crippen MR) is 93.2 cm³/mol. The number of Topliss-reactive ketones (excluding diaryl/α,β-unsaturated/α-hetero) is 1. The number of ketones is 1. The Labute approximate surface area is 140 Å². The zero-order valence-corrected chi connectivity index (χ0v) is 14.5. The van der Waals surface area contributed by atoms with Gasteiger partial charge in [0.25, 0.3) is 0 Å². The van der Waals surface area contributed by atoms with Crippen molar-refractivity contribution in [1.29, 1.82) is 0 Å². The summed E-state index contributed by atoms with van der Waals surface area (Å²) in [6.07, 6.45) is 8.30. The van der Waals surface area contributed by atoms with Crippen LogP contribution in [0.1, 0.15) is 54.9 Å². The number of carbonyl (C=O) groups excluding carboxylic acids is 1. The summed E-state index contributed by atoms with van der Waals surface area (Å²) < 4.78 is 0. The van der Waals surface area contributed by atoms with Gasteiger partial charge in [-0.15, -0.1) is 0 Å². The monoisotopic (exact) mass is 360 g/mol. The molecule has 1 aromatic heterocycles. The number of benzene rings is 1. The maximum atomic E-state index is 12.1. The van der Waals surface area contributed by atoms with Gasteiger partial charge in [-0.1, -0.05) is 66.4 Å². The normalized spacial score (nSPS) is 10.6. The number of unbranched alkanes of at least 4 members (excludes halogenated alkanes) is 3. The number of hydrogen-bond acceptors (Lipinski definition) is 3. The molecule has 3 nitrogen and oxygen atoms in total. The molecule has 2 rings (SSSR count). The van der Waals surface area contributed by atoms with Crippen molar-refractivity contribution in [3.63, 3.8) is 0 Å². The number of rotatable bonds is 8. The number of carbonyl (C=O) groups is 1. The fraction of sp³-hybridized carbons (Fsp3) is 0.389. The van der Waals surface area contributed by atoms with Crippen molar-refractivity contribution in [2.45, 2.75) is 44.4 Å². The maximum Gasteiger partial charge on any atom is 0.165 e. The fourth-order valence-electron chi connectivity index (χ4n) is 2.22. The van der Waals surface area contributed by atoms with E-state index in [9.17, 15) is 4.79 Å². The Balaban J connectivity index is 1.98. The van der Waals surface area contributed by atoms with Gasteiger partial charge < -0.3 is 0 Å². The van der Waals surface area contributed by atoms with E-state index in [-0.39, 0.29) is 5.78 Å². The highest BCUT2D eigenvalue weighted by Crippen LogP contribution is 2.17. The van der Waals surface area contributed by atoms with Crippen LogP contribution in [0, 0.1) is 0 Å². The van der Waals surface area contributed by atoms with E-state index in [1.807, 2.05) is 24.3 Å². The zero-order chi connectivity index (χ0) is 15.8. The fourth-order valence-corrected chi connectivity index (χ4v) is 2.59. The Morgan fingerprint density at radius 3 is 2.32 bits per heavy atom. The summed E-state index contributed by atoms with van der Waals surface area (Å²) in [5.41, 5.74) is 2.78. The Kier molecular flexibility index (Phi) is 6.72. The zero-order valence-electron chi connectivity index (χ0n) is 12.9. The van der Waals surface area contributed by atoms with E-state index in [0.29, 0.717) is 17.8 Å². The molecule has 0 amide bonds. The number of hydrogen-bond donors (Lipinski definition) is 0. The van der Waals surface area contributed by atoms with Crippen LogP contribution in [0.3, 0.4) is 0 Å². The molecule has 0 saturated carbocycles. The lowest BCUT2D eigenvalue weighted by Crippen LogP contribution is -2.01. The van der Waals surface area contributed by atoms with Gasteiger partial charge in [-0.2, -0.15) is 0 Å². The summed E-state index contributed by atoms with van der Waals surface area (Å²) in [5, 5.41) is 0.833. The van der Waals surface area contributed by atoms with Crippen LogP contribution < -0.4 is 0 Å². The molecule has 4 heteroatoms. The molecule has 1 aromatic carbocycles. The summed E-state index contributed by atoms with van der Waals surface area (Å²) in [5.74, 6) is 0.793. The molecule has 0 aliphatic heterocycles. The van der Waals surface area contributed by atoms with Gasteiger partial charge in [-0.25, -0.2) is 9.97 Å². The van der Waals surface area contributed by atoms with Crippen molar-refractivity contribution in [2.75, 3.05) is 0 Å². The maximum absolute atomic E-state index is 12.1. The first kappa shape index (κ1) is 16.8. The van der Waals surface area contributed by atoms with E-state index < -0.39 is 0 Å². The standard InChI is InChI=1S/C18H21BrN2O/c1-2-3-4-5-6-17(22)16-12-20-18(21-13-16)15-9-7-14(11-19)8-10-15/h7-10,12-13H,2-6,11H2,1H3. The topological polar surface area (TPSA) is 42.9 Å². The molecule has 2 aromatic rings. The van der Waals surface area contributed by atoms with Gasteiger partial charge in [0, 0.05) is 29.7 Å². The van der Waals surface area contributed by atoms with Crippen molar-refractivity contribution < 1.29 is 4.79 Å². The minimum Gasteiger partial charge on any atom is -0.294 e. The number of aromatic nitrogens is 2. The van der Waals surface area contributed by atoms with Crippen LogP contribution in [0.5, 0.6) is 0 Å². The third-order valence-electron chi connectivity index (χ3n) is 3.60. The second-order valence-electron chi connectivity index (χ2n) is 5.36. The first-order chi connectivity index (χ1) is 10.7. The van der Waals surface area contributed by atoms with Crippen molar-refractivity contribution in [3.05, 3.63) is 47.8 Å². The minimum absolute atomic E-state index is 0.136. The van der Waals surface area contributed by atoms with Gasteiger partial charge in [-0.3, -0.25) is 4.79 Å². The second-order valence-corrected chi connectivity index (χ2v) is 5.92. The Bertz CT molecular complexity index is 593. The lowest BCUT2D eigenvalue weighted by atomic mass is 10.1. The number of halogens is 1. The SMILES string of the molecule is CCCCCCC(=O)c1cnc(-c2ccc(CBr)cc2)nc1. The highest BCUT2D eigenvalue weighted by molar-refractivity contribution is 9.08. The van der Waals surface area contributed by atoms with E-state index in [4.69, 9.17) is 0 Å². The lowest BCUT2D eigenvalue weighted by Gasteiger charge is -2.03. The van der Waals surface area contributed by atoms with Gasteiger partial charge in [-0.05, 0) is 12.0 Å². The van der Waals surface area contributed by atoms with E-state index in [0.717, 1.165) is 23.7 Å². The van der Waals surface area contributed by atoms with E-state index in [1.54, 1.807) is 12.4 Å². The smallest absolute Gasteiger partial charge is 0.165 e. The molecule has 0 fully saturated rings. The highest BCUT2D eigenvalue weighted by Gasteiger charge is 2.08. The molecule has 0 N–H and O–H groups in total. The van der Waals surface area contributed by atoms with Crippen LogP contribution in [0.15, 0.2) is 36.7 Å². The molecule has 0 aliphatic rings. The van der Waals surface area contributed by atoms with Crippen molar-refractivity contribution in [3.8, 4) is 11.4 Å². The highest BCUT2D eigenvalue weighted by atomic mass is 79.9.